The summed E-state index contributed by atoms with van der Waals surface area (Å²) in [5, 5.41) is 12.2. The van der Waals surface area contributed by atoms with Gasteiger partial charge < -0.3 is 20.3 Å². The lowest BCUT2D eigenvalue weighted by molar-refractivity contribution is -0.126. The van der Waals surface area contributed by atoms with Crippen molar-refractivity contribution in [2.24, 2.45) is 5.92 Å². The van der Waals surface area contributed by atoms with Gasteiger partial charge in [0.2, 0.25) is 11.8 Å². The molecule has 3 aromatic rings. The van der Waals surface area contributed by atoms with E-state index in [1.54, 1.807) is 15.8 Å². The Morgan fingerprint density at radius 2 is 2.06 bits per heavy atom. The average Bonchev–Trinajstić information content (AvgIpc) is 3.47. The van der Waals surface area contributed by atoms with Crippen LogP contribution in [0.1, 0.15) is 24.5 Å². The van der Waals surface area contributed by atoms with Gasteiger partial charge in [-0.1, -0.05) is 17.8 Å². The fourth-order valence-corrected chi connectivity index (χ4v) is 4.53. The maximum Gasteiger partial charge on any atom is 0.227 e. The molecule has 3 heterocycles. The summed E-state index contributed by atoms with van der Waals surface area (Å²) in [7, 11) is 0. The lowest BCUT2D eigenvalue weighted by atomic mass is 10.1. The second-order valence-corrected chi connectivity index (χ2v) is 9.53. The first-order valence-electron chi connectivity index (χ1n) is 12.2. The monoisotopic (exact) mass is 511 g/mol. The van der Waals surface area contributed by atoms with Gasteiger partial charge >= 0.3 is 0 Å². The second kappa shape index (κ2) is 11.7. The summed E-state index contributed by atoms with van der Waals surface area (Å²) in [5.74, 6) is 0.196. The number of benzene rings is 1. The van der Waals surface area contributed by atoms with Crippen LogP contribution in [0.5, 0.6) is 0 Å². The van der Waals surface area contributed by atoms with E-state index in [1.807, 2.05) is 45.2 Å². The molecule has 2 amide bonds. The number of nitrogens with one attached hydrogen (secondary N) is 2. The van der Waals surface area contributed by atoms with Gasteiger partial charge in [-0.15, -0.1) is 0 Å². The van der Waals surface area contributed by atoms with Crippen molar-refractivity contribution in [3.8, 4) is 0 Å². The molecule has 2 N–H and O–H groups in total. The molecule has 10 nitrogen and oxygen atoms in total. The van der Waals surface area contributed by atoms with Crippen molar-refractivity contribution in [2.45, 2.75) is 38.9 Å². The Morgan fingerprint density at radius 1 is 1.22 bits per heavy atom. The Morgan fingerprint density at radius 3 is 2.81 bits per heavy atom. The lowest BCUT2D eigenvalue weighted by Crippen LogP contribution is -2.35. The fourth-order valence-electron chi connectivity index (χ4n) is 4.17. The third-order valence-corrected chi connectivity index (χ3v) is 6.87. The van der Waals surface area contributed by atoms with E-state index in [4.69, 9.17) is 4.74 Å². The molecule has 0 bridgehead atoms. The molecule has 4 rings (SSSR count). The first-order chi connectivity index (χ1) is 17.4. The zero-order valence-corrected chi connectivity index (χ0v) is 22.0. The summed E-state index contributed by atoms with van der Waals surface area (Å²) in [6.07, 6.45) is 3.88. The van der Waals surface area contributed by atoms with Gasteiger partial charge in [0, 0.05) is 38.3 Å². The first kappa shape index (κ1) is 25.9. The number of hydrogen-bond donors (Lipinski definition) is 2. The van der Waals surface area contributed by atoms with Gasteiger partial charge in [-0.05, 0) is 50.3 Å². The van der Waals surface area contributed by atoms with E-state index in [-0.39, 0.29) is 24.2 Å². The Hall–Kier alpha value is -3.18. The summed E-state index contributed by atoms with van der Waals surface area (Å²) in [4.78, 5) is 36.3. The number of fused-ring (bicyclic) bond motifs is 1. The molecule has 0 radical (unpaired) electrons. The van der Waals surface area contributed by atoms with Gasteiger partial charge in [-0.3, -0.25) is 9.59 Å². The number of amides is 2. The molecule has 1 unspecified atom stereocenters. The third kappa shape index (κ3) is 5.79. The molecule has 1 aliphatic heterocycles. The highest BCUT2D eigenvalue weighted by Crippen LogP contribution is 2.27. The van der Waals surface area contributed by atoms with Gasteiger partial charge in [0.25, 0.3) is 0 Å². The predicted octanol–water partition coefficient (Wildman–Crippen LogP) is 2.78. The second-order valence-electron chi connectivity index (χ2n) is 8.75. The summed E-state index contributed by atoms with van der Waals surface area (Å²) >= 11 is 1.46. The number of anilines is 2. The summed E-state index contributed by atoms with van der Waals surface area (Å²) in [5.41, 5.74) is 3.85. The molecular formula is C25H33N7O3S. The number of thioether (sulfide) groups is 1. The maximum absolute atomic E-state index is 12.8. The van der Waals surface area contributed by atoms with Crippen molar-refractivity contribution >= 4 is 46.1 Å². The molecule has 1 atom stereocenters. The van der Waals surface area contributed by atoms with E-state index in [2.05, 4.69) is 25.7 Å². The van der Waals surface area contributed by atoms with Gasteiger partial charge in [0.1, 0.15) is 5.82 Å². The van der Waals surface area contributed by atoms with Crippen molar-refractivity contribution in [3.05, 3.63) is 35.5 Å². The van der Waals surface area contributed by atoms with E-state index >= 15 is 0 Å². The lowest BCUT2D eigenvalue weighted by Gasteiger charge is -2.18. The van der Waals surface area contributed by atoms with Crippen molar-refractivity contribution in [1.29, 1.82) is 0 Å². The molecule has 36 heavy (non-hydrogen) atoms. The highest BCUT2D eigenvalue weighted by Gasteiger charge is 2.35. The molecule has 192 valence electrons. The van der Waals surface area contributed by atoms with Crippen LogP contribution in [0.4, 0.5) is 11.5 Å². The molecule has 2 aromatic heterocycles. The average molecular weight is 512 g/mol. The highest BCUT2D eigenvalue weighted by atomic mass is 32.2. The SMILES string of the molecule is CCOCCNc1nc(SC)nc2c1cnn2CCNC(=O)C1CC(=O)N(c2ccc(C)c(C)c2)C1. The minimum atomic E-state index is -0.375. The van der Waals surface area contributed by atoms with Crippen LogP contribution in [0.15, 0.2) is 29.6 Å². The Balaban J connectivity index is 1.36. The molecule has 1 saturated heterocycles. The summed E-state index contributed by atoms with van der Waals surface area (Å²) in [6.45, 7) is 9.14. The van der Waals surface area contributed by atoms with Crippen LogP contribution in [0.25, 0.3) is 11.0 Å². The zero-order chi connectivity index (χ0) is 25.7. The van der Waals surface area contributed by atoms with Crippen LogP contribution >= 0.6 is 11.8 Å². The number of carbonyl (C=O) groups excluding carboxylic acids is 2. The van der Waals surface area contributed by atoms with Crippen molar-refractivity contribution in [2.75, 3.05) is 49.3 Å². The van der Waals surface area contributed by atoms with Gasteiger partial charge in [0.15, 0.2) is 10.8 Å². The fraction of sp³-hybridized carbons (Fsp3) is 0.480. The topological polar surface area (TPSA) is 114 Å². The van der Waals surface area contributed by atoms with E-state index in [1.165, 1.54) is 17.3 Å². The van der Waals surface area contributed by atoms with Crippen LogP contribution in [0.2, 0.25) is 0 Å². The Kier molecular flexibility index (Phi) is 8.42. The van der Waals surface area contributed by atoms with E-state index < -0.39 is 0 Å². The largest absolute Gasteiger partial charge is 0.380 e. The molecule has 0 aliphatic carbocycles. The van der Waals surface area contributed by atoms with Crippen LogP contribution < -0.4 is 15.5 Å². The van der Waals surface area contributed by atoms with Crippen LogP contribution in [0.3, 0.4) is 0 Å². The van der Waals surface area contributed by atoms with Crippen molar-refractivity contribution < 1.29 is 14.3 Å². The van der Waals surface area contributed by atoms with Crippen molar-refractivity contribution in [1.82, 2.24) is 25.1 Å². The molecule has 0 spiro atoms. The summed E-state index contributed by atoms with van der Waals surface area (Å²) < 4.78 is 7.17. The van der Waals surface area contributed by atoms with E-state index in [0.717, 1.165) is 22.5 Å². The van der Waals surface area contributed by atoms with Crippen molar-refractivity contribution in [3.63, 3.8) is 0 Å². The molecule has 11 heteroatoms. The van der Waals surface area contributed by atoms with Crippen LogP contribution in [-0.4, -0.2) is 70.7 Å². The van der Waals surface area contributed by atoms with Gasteiger partial charge in [-0.2, -0.15) is 5.10 Å². The minimum absolute atomic E-state index is 0.0258. The Labute approximate surface area is 215 Å². The quantitative estimate of drug-likeness (QED) is 0.230. The summed E-state index contributed by atoms with van der Waals surface area (Å²) in [6, 6.07) is 5.95. The number of carbonyl (C=O) groups is 2. The third-order valence-electron chi connectivity index (χ3n) is 6.32. The van der Waals surface area contributed by atoms with Crippen LogP contribution in [-0.2, 0) is 20.9 Å². The normalized spacial score (nSPS) is 15.6. The molecular weight excluding hydrogens is 478 g/mol. The minimum Gasteiger partial charge on any atom is -0.380 e. The zero-order valence-electron chi connectivity index (χ0n) is 21.2. The number of hydrogen-bond acceptors (Lipinski definition) is 8. The number of aromatic nitrogens is 4. The molecule has 1 aliphatic rings. The van der Waals surface area contributed by atoms with E-state index in [0.29, 0.717) is 50.2 Å². The standard InChI is InChI=1S/C25H33N7O3S/c1-5-35-11-9-26-22-20-14-28-32(23(20)30-25(29-22)36-4)10-8-27-24(34)18-13-21(33)31(15-18)19-7-6-16(2)17(3)12-19/h6-7,12,14,18H,5,8-11,13,15H2,1-4H3,(H,27,34)(H,26,29,30). The number of nitrogens with zero attached hydrogens (tertiary/aromatic N) is 5. The predicted molar refractivity (Wildman–Crippen MR) is 141 cm³/mol. The first-order valence-corrected chi connectivity index (χ1v) is 13.4. The molecule has 0 saturated carbocycles. The van der Waals surface area contributed by atoms with Gasteiger partial charge in [0.05, 0.1) is 30.7 Å². The number of aryl methyl sites for hydroxylation is 2. The van der Waals surface area contributed by atoms with Gasteiger partial charge in [-0.25, -0.2) is 14.6 Å². The Bertz CT molecular complexity index is 1250. The highest BCUT2D eigenvalue weighted by molar-refractivity contribution is 7.98. The maximum atomic E-state index is 12.8. The molecule has 1 aromatic carbocycles. The molecule has 1 fully saturated rings. The van der Waals surface area contributed by atoms with Crippen LogP contribution in [0, 0.1) is 19.8 Å². The number of rotatable bonds is 11. The number of ether oxygens (including phenoxy) is 1. The van der Waals surface area contributed by atoms with E-state index in [9.17, 15) is 9.59 Å². The smallest absolute Gasteiger partial charge is 0.227 e.